The van der Waals surface area contributed by atoms with Gasteiger partial charge in [-0.2, -0.15) is 0 Å². The zero-order valence-corrected chi connectivity index (χ0v) is 12.5. The van der Waals surface area contributed by atoms with Crippen LogP contribution in [0, 0.1) is 0 Å². The van der Waals surface area contributed by atoms with Gasteiger partial charge in [-0.25, -0.2) is 4.98 Å². The molecule has 1 aromatic carbocycles. The van der Waals surface area contributed by atoms with E-state index in [1.54, 1.807) is 11.3 Å². The molecule has 0 atom stereocenters. The van der Waals surface area contributed by atoms with Crippen LogP contribution in [0.15, 0.2) is 60.9 Å². The number of nitrogens with zero attached hydrogens (tertiary/aromatic N) is 2. The van der Waals surface area contributed by atoms with Crippen LogP contribution in [-0.2, 0) is 13.0 Å². The van der Waals surface area contributed by atoms with Crippen molar-refractivity contribution in [2.24, 2.45) is 0 Å². The molecule has 0 radical (unpaired) electrons. The molecule has 4 heteroatoms. The molecular weight excluding hydrogens is 278 g/mol. The molecule has 21 heavy (non-hydrogen) atoms. The van der Waals surface area contributed by atoms with E-state index in [0.717, 1.165) is 30.2 Å². The highest BCUT2D eigenvalue weighted by molar-refractivity contribution is 7.15. The number of benzene rings is 1. The van der Waals surface area contributed by atoms with Gasteiger partial charge < -0.3 is 5.32 Å². The third kappa shape index (κ3) is 3.97. The fraction of sp³-hybridized carbons (Fsp3) is 0.176. The molecule has 0 bridgehead atoms. The molecule has 106 valence electrons. The van der Waals surface area contributed by atoms with Crippen LogP contribution in [-0.4, -0.2) is 16.5 Å². The fourth-order valence-electron chi connectivity index (χ4n) is 2.09. The second kappa shape index (κ2) is 7.11. The average molecular weight is 295 g/mol. The summed E-state index contributed by atoms with van der Waals surface area (Å²) in [7, 11) is 0. The standard InChI is InChI=1S/C17H17N3S/c1-2-6-14(7-3-1)16-12-20-17(21-16)13-18-11-9-15-8-4-5-10-19-15/h1-8,10,12,18H,9,11,13H2. The van der Waals surface area contributed by atoms with Gasteiger partial charge in [0.2, 0.25) is 0 Å². The van der Waals surface area contributed by atoms with Crippen molar-refractivity contribution in [3.63, 3.8) is 0 Å². The van der Waals surface area contributed by atoms with Crippen LogP contribution in [0.2, 0.25) is 0 Å². The quantitative estimate of drug-likeness (QED) is 0.707. The van der Waals surface area contributed by atoms with Crippen molar-refractivity contribution in [1.29, 1.82) is 0 Å². The Bertz CT molecular complexity index is 665. The molecule has 3 nitrogen and oxygen atoms in total. The van der Waals surface area contributed by atoms with Gasteiger partial charge in [-0.05, 0) is 17.7 Å². The second-order valence-corrected chi connectivity index (χ2v) is 5.85. The normalized spacial score (nSPS) is 10.7. The first-order valence-corrected chi connectivity index (χ1v) is 7.84. The first kappa shape index (κ1) is 13.9. The highest BCUT2D eigenvalue weighted by atomic mass is 32.1. The van der Waals surface area contributed by atoms with Gasteiger partial charge in [0.05, 0.1) is 4.88 Å². The second-order valence-electron chi connectivity index (χ2n) is 4.73. The van der Waals surface area contributed by atoms with Gasteiger partial charge in [-0.15, -0.1) is 11.3 Å². The summed E-state index contributed by atoms with van der Waals surface area (Å²) < 4.78 is 0. The summed E-state index contributed by atoms with van der Waals surface area (Å²) in [4.78, 5) is 10.0. The summed E-state index contributed by atoms with van der Waals surface area (Å²) in [6, 6.07) is 16.4. The zero-order valence-electron chi connectivity index (χ0n) is 11.7. The third-order valence-corrected chi connectivity index (χ3v) is 4.22. The van der Waals surface area contributed by atoms with Crippen molar-refractivity contribution < 1.29 is 0 Å². The highest BCUT2D eigenvalue weighted by Gasteiger charge is 2.03. The lowest BCUT2D eigenvalue weighted by molar-refractivity contribution is 0.677. The average Bonchev–Trinajstić information content (AvgIpc) is 3.02. The number of hydrogen-bond acceptors (Lipinski definition) is 4. The Balaban J connectivity index is 1.49. The van der Waals surface area contributed by atoms with E-state index in [4.69, 9.17) is 0 Å². The van der Waals surface area contributed by atoms with E-state index >= 15 is 0 Å². The van der Waals surface area contributed by atoms with E-state index in [9.17, 15) is 0 Å². The van der Waals surface area contributed by atoms with Crippen LogP contribution in [0.5, 0.6) is 0 Å². The van der Waals surface area contributed by atoms with Crippen LogP contribution < -0.4 is 5.32 Å². The number of hydrogen-bond donors (Lipinski definition) is 1. The van der Waals surface area contributed by atoms with Gasteiger partial charge in [-0.3, -0.25) is 4.98 Å². The Morgan fingerprint density at radius 2 is 1.81 bits per heavy atom. The summed E-state index contributed by atoms with van der Waals surface area (Å²) in [6.07, 6.45) is 4.73. The van der Waals surface area contributed by atoms with E-state index in [-0.39, 0.29) is 0 Å². The largest absolute Gasteiger partial charge is 0.310 e. The summed E-state index contributed by atoms with van der Waals surface area (Å²) in [5, 5.41) is 4.54. The van der Waals surface area contributed by atoms with E-state index in [0.29, 0.717) is 0 Å². The highest BCUT2D eigenvalue weighted by Crippen LogP contribution is 2.25. The van der Waals surface area contributed by atoms with Crippen LogP contribution in [0.4, 0.5) is 0 Å². The number of pyridine rings is 1. The van der Waals surface area contributed by atoms with Crippen LogP contribution in [0.25, 0.3) is 10.4 Å². The molecule has 3 aromatic rings. The molecular formula is C17H17N3S. The fourth-order valence-corrected chi connectivity index (χ4v) is 2.98. The minimum atomic E-state index is 0.810. The van der Waals surface area contributed by atoms with Gasteiger partial charge in [0, 0.05) is 37.6 Å². The number of thiazole rings is 1. The Morgan fingerprint density at radius 1 is 0.952 bits per heavy atom. The molecule has 0 amide bonds. The van der Waals surface area contributed by atoms with Crippen molar-refractivity contribution in [1.82, 2.24) is 15.3 Å². The molecule has 1 N–H and O–H groups in total. The van der Waals surface area contributed by atoms with Crippen molar-refractivity contribution in [3.8, 4) is 10.4 Å². The van der Waals surface area contributed by atoms with E-state index in [1.807, 2.05) is 30.6 Å². The number of rotatable bonds is 6. The van der Waals surface area contributed by atoms with E-state index < -0.39 is 0 Å². The van der Waals surface area contributed by atoms with Crippen LogP contribution in [0.3, 0.4) is 0 Å². The Hall–Kier alpha value is -2.04. The summed E-state index contributed by atoms with van der Waals surface area (Å²) in [5.74, 6) is 0. The van der Waals surface area contributed by atoms with Crippen molar-refractivity contribution >= 4 is 11.3 Å². The van der Waals surface area contributed by atoms with Gasteiger partial charge in [0.15, 0.2) is 0 Å². The van der Waals surface area contributed by atoms with E-state index in [1.165, 1.54) is 10.4 Å². The molecule has 0 saturated carbocycles. The first-order chi connectivity index (χ1) is 10.4. The topological polar surface area (TPSA) is 37.8 Å². The predicted molar refractivity (Wildman–Crippen MR) is 87.2 cm³/mol. The van der Waals surface area contributed by atoms with Crippen LogP contribution >= 0.6 is 11.3 Å². The third-order valence-electron chi connectivity index (χ3n) is 3.17. The SMILES string of the molecule is c1ccc(-c2cnc(CNCCc3ccccn3)s2)cc1. The molecule has 3 rings (SSSR count). The summed E-state index contributed by atoms with van der Waals surface area (Å²) >= 11 is 1.74. The minimum Gasteiger partial charge on any atom is -0.310 e. The Morgan fingerprint density at radius 3 is 2.62 bits per heavy atom. The predicted octanol–water partition coefficient (Wildman–Crippen LogP) is 3.54. The minimum absolute atomic E-state index is 0.810. The summed E-state index contributed by atoms with van der Waals surface area (Å²) in [6.45, 7) is 1.72. The molecule has 2 aromatic heterocycles. The van der Waals surface area contributed by atoms with Crippen molar-refractivity contribution in [3.05, 3.63) is 71.6 Å². The lowest BCUT2D eigenvalue weighted by atomic mass is 10.2. The maximum absolute atomic E-state index is 4.48. The Kier molecular flexibility index (Phi) is 4.71. The monoisotopic (exact) mass is 295 g/mol. The zero-order chi connectivity index (χ0) is 14.3. The van der Waals surface area contributed by atoms with Crippen molar-refractivity contribution in [2.75, 3.05) is 6.54 Å². The van der Waals surface area contributed by atoms with Gasteiger partial charge in [0.25, 0.3) is 0 Å². The molecule has 0 unspecified atom stereocenters. The lowest BCUT2D eigenvalue weighted by Gasteiger charge is -2.02. The molecule has 0 aliphatic carbocycles. The number of nitrogens with one attached hydrogen (secondary N) is 1. The molecule has 0 saturated heterocycles. The molecule has 0 aliphatic heterocycles. The number of aromatic nitrogens is 2. The molecule has 2 heterocycles. The van der Waals surface area contributed by atoms with Crippen LogP contribution in [0.1, 0.15) is 10.7 Å². The van der Waals surface area contributed by atoms with E-state index in [2.05, 4.69) is 45.6 Å². The summed E-state index contributed by atoms with van der Waals surface area (Å²) in [5.41, 5.74) is 2.35. The smallest absolute Gasteiger partial charge is 0.107 e. The first-order valence-electron chi connectivity index (χ1n) is 7.02. The van der Waals surface area contributed by atoms with Gasteiger partial charge in [-0.1, -0.05) is 36.4 Å². The molecule has 0 fully saturated rings. The maximum atomic E-state index is 4.48. The molecule has 0 aliphatic rings. The van der Waals surface area contributed by atoms with Crippen molar-refractivity contribution in [2.45, 2.75) is 13.0 Å². The van der Waals surface area contributed by atoms with Gasteiger partial charge >= 0.3 is 0 Å². The van der Waals surface area contributed by atoms with Gasteiger partial charge in [0.1, 0.15) is 5.01 Å². The molecule has 0 spiro atoms. The Labute approximate surface area is 128 Å². The maximum Gasteiger partial charge on any atom is 0.107 e. The lowest BCUT2D eigenvalue weighted by Crippen LogP contribution is -2.16.